The molecule has 1 atom stereocenters. The van der Waals surface area contributed by atoms with E-state index in [2.05, 4.69) is 10.4 Å². The molecule has 0 saturated heterocycles. The van der Waals surface area contributed by atoms with Crippen LogP contribution in [0.5, 0.6) is 0 Å². The van der Waals surface area contributed by atoms with Crippen molar-refractivity contribution in [1.82, 2.24) is 20.0 Å². The Kier molecular flexibility index (Phi) is 4.82. The van der Waals surface area contributed by atoms with Crippen LogP contribution in [-0.2, 0) is 4.79 Å². The lowest BCUT2D eigenvalue weighted by Gasteiger charge is -2.17. The highest BCUT2D eigenvalue weighted by Gasteiger charge is 2.19. The van der Waals surface area contributed by atoms with Crippen LogP contribution in [0.3, 0.4) is 0 Å². The first-order chi connectivity index (χ1) is 10.4. The molecule has 0 radical (unpaired) electrons. The lowest BCUT2D eigenvalue weighted by atomic mass is 10.3. The predicted molar refractivity (Wildman–Crippen MR) is 84.2 cm³/mol. The number of nitrogens with one attached hydrogen (secondary N) is 1. The molecule has 1 heterocycles. The molecular weight excluding hydrogens is 304 g/mol. The number of halogens is 1. The van der Waals surface area contributed by atoms with Gasteiger partial charge in [-0.15, -0.1) is 0 Å². The Hall–Kier alpha value is -2.34. The van der Waals surface area contributed by atoms with Crippen LogP contribution in [0.15, 0.2) is 36.5 Å². The Morgan fingerprint density at radius 1 is 1.32 bits per heavy atom. The molecule has 6 nitrogen and oxygen atoms in total. The van der Waals surface area contributed by atoms with Crippen LogP contribution in [0.1, 0.15) is 17.4 Å². The molecule has 22 heavy (non-hydrogen) atoms. The van der Waals surface area contributed by atoms with Crippen LogP contribution in [0.4, 0.5) is 0 Å². The summed E-state index contributed by atoms with van der Waals surface area (Å²) in [5.74, 6) is -0.578. The summed E-state index contributed by atoms with van der Waals surface area (Å²) in [6, 6.07) is 8.11. The van der Waals surface area contributed by atoms with Crippen molar-refractivity contribution in [3.63, 3.8) is 0 Å². The average Bonchev–Trinajstić information content (AvgIpc) is 2.96. The molecule has 0 spiro atoms. The number of likely N-dealkylation sites (N-methyl/N-ethyl adjacent to an activating group) is 1. The fraction of sp³-hybridized carbons (Fsp3) is 0.267. The van der Waals surface area contributed by atoms with Gasteiger partial charge in [-0.25, -0.2) is 4.68 Å². The third-order valence-corrected chi connectivity index (χ3v) is 3.29. The minimum atomic E-state index is -0.612. The number of benzene rings is 1. The molecular formula is C15H17ClN4O2. The van der Waals surface area contributed by atoms with Gasteiger partial charge in [0.1, 0.15) is 6.04 Å². The van der Waals surface area contributed by atoms with Crippen LogP contribution in [0.2, 0.25) is 5.02 Å². The normalized spacial score (nSPS) is 11.8. The van der Waals surface area contributed by atoms with Gasteiger partial charge in [0, 0.05) is 25.3 Å². The van der Waals surface area contributed by atoms with Crippen LogP contribution in [0, 0.1) is 0 Å². The molecule has 116 valence electrons. The maximum Gasteiger partial charge on any atom is 0.272 e. The fourth-order valence-corrected chi connectivity index (χ4v) is 2.11. The van der Waals surface area contributed by atoms with E-state index in [-0.39, 0.29) is 11.6 Å². The Balaban J connectivity index is 2.11. The quantitative estimate of drug-likeness (QED) is 0.933. The van der Waals surface area contributed by atoms with Gasteiger partial charge in [-0.05, 0) is 31.2 Å². The summed E-state index contributed by atoms with van der Waals surface area (Å²) in [4.78, 5) is 25.3. The summed E-state index contributed by atoms with van der Waals surface area (Å²) in [6.45, 7) is 1.63. The van der Waals surface area contributed by atoms with Gasteiger partial charge in [-0.2, -0.15) is 5.10 Å². The molecule has 7 heteroatoms. The van der Waals surface area contributed by atoms with Crippen molar-refractivity contribution in [3.8, 4) is 5.69 Å². The standard InChI is InChI=1S/C15H17ClN4O2/c1-10(15(22)19(2)3)17-14(21)13-7-8-20(18-13)12-6-4-5-11(16)9-12/h4-10H,1-3H3,(H,17,21)/t10-/m1/s1. The summed E-state index contributed by atoms with van der Waals surface area (Å²) in [7, 11) is 3.28. The number of amides is 2. The van der Waals surface area contributed by atoms with Gasteiger partial charge in [0.05, 0.1) is 5.69 Å². The van der Waals surface area contributed by atoms with E-state index in [9.17, 15) is 9.59 Å². The zero-order chi connectivity index (χ0) is 16.3. The van der Waals surface area contributed by atoms with Crippen molar-refractivity contribution in [2.75, 3.05) is 14.1 Å². The lowest BCUT2D eigenvalue weighted by Crippen LogP contribution is -2.44. The summed E-state index contributed by atoms with van der Waals surface area (Å²) >= 11 is 5.93. The second kappa shape index (κ2) is 6.62. The number of nitrogens with zero attached hydrogens (tertiary/aromatic N) is 3. The molecule has 2 rings (SSSR count). The van der Waals surface area contributed by atoms with E-state index in [1.165, 1.54) is 4.90 Å². The molecule has 1 N–H and O–H groups in total. The van der Waals surface area contributed by atoms with Gasteiger partial charge in [0.15, 0.2) is 5.69 Å². The van der Waals surface area contributed by atoms with Gasteiger partial charge in [-0.3, -0.25) is 9.59 Å². The Morgan fingerprint density at radius 3 is 2.68 bits per heavy atom. The molecule has 2 aromatic rings. The molecule has 0 aliphatic rings. The first-order valence-electron chi connectivity index (χ1n) is 6.72. The molecule has 0 bridgehead atoms. The Bertz CT molecular complexity index is 696. The molecule has 0 saturated carbocycles. The first-order valence-corrected chi connectivity index (χ1v) is 7.10. The van der Waals surface area contributed by atoms with E-state index in [0.717, 1.165) is 5.69 Å². The van der Waals surface area contributed by atoms with E-state index in [1.54, 1.807) is 56.2 Å². The molecule has 1 aromatic carbocycles. The topological polar surface area (TPSA) is 67.2 Å². The zero-order valence-corrected chi connectivity index (χ0v) is 13.3. The van der Waals surface area contributed by atoms with Crippen molar-refractivity contribution in [2.45, 2.75) is 13.0 Å². The van der Waals surface area contributed by atoms with Crippen molar-refractivity contribution < 1.29 is 9.59 Å². The largest absolute Gasteiger partial charge is 0.347 e. The van der Waals surface area contributed by atoms with Crippen molar-refractivity contribution in [1.29, 1.82) is 0 Å². The van der Waals surface area contributed by atoms with Gasteiger partial charge < -0.3 is 10.2 Å². The maximum absolute atomic E-state index is 12.1. The highest BCUT2D eigenvalue weighted by molar-refractivity contribution is 6.30. The van der Waals surface area contributed by atoms with E-state index in [1.807, 2.05) is 6.07 Å². The summed E-state index contributed by atoms with van der Waals surface area (Å²) in [5.41, 5.74) is 0.988. The smallest absolute Gasteiger partial charge is 0.272 e. The fourth-order valence-electron chi connectivity index (χ4n) is 1.93. The zero-order valence-electron chi connectivity index (χ0n) is 12.6. The molecule has 2 amide bonds. The van der Waals surface area contributed by atoms with Gasteiger partial charge in [-0.1, -0.05) is 17.7 Å². The van der Waals surface area contributed by atoms with Crippen LogP contribution in [0.25, 0.3) is 5.69 Å². The number of aromatic nitrogens is 2. The number of carbonyl (C=O) groups is 2. The Labute approximate surface area is 133 Å². The van der Waals surface area contributed by atoms with Gasteiger partial charge in [0.25, 0.3) is 5.91 Å². The number of hydrogen-bond acceptors (Lipinski definition) is 3. The molecule has 1 aromatic heterocycles. The van der Waals surface area contributed by atoms with Crippen LogP contribution < -0.4 is 5.32 Å². The van der Waals surface area contributed by atoms with Crippen molar-refractivity contribution in [3.05, 3.63) is 47.2 Å². The van der Waals surface area contributed by atoms with Crippen molar-refractivity contribution in [2.24, 2.45) is 0 Å². The van der Waals surface area contributed by atoms with E-state index >= 15 is 0 Å². The van der Waals surface area contributed by atoms with E-state index in [4.69, 9.17) is 11.6 Å². The third kappa shape index (κ3) is 3.65. The maximum atomic E-state index is 12.1. The van der Waals surface area contributed by atoms with Crippen LogP contribution >= 0.6 is 11.6 Å². The number of hydrogen-bond donors (Lipinski definition) is 1. The average molecular weight is 321 g/mol. The molecule has 0 fully saturated rings. The summed E-state index contributed by atoms with van der Waals surface area (Å²) < 4.78 is 1.55. The predicted octanol–water partition coefficient (Wildman–Crippen LogP) is 1.73. The first kappa shape index (κ1) is 16.0. The van der Waals surface area contributed by atoms with Crippen molar-refractivity contribution >= 4 is 23.4 Å². The minimum absolute atomic E-state index is 0.178. The highest BCUT2D eigenvalue weighted by Crippen LogP contribution is 2.14. The summed E-state index contributed by atoms with van der Waals surface area (Å²) in [6.07, 6.45) is 1.67. The molecule has 0 aliphatic carbocycles. The second-order valence-electron chi connectivity index (χ2n) is 5.05. The molecule has 0 aliphatic heterocycles. The van der Waals surface area contributed by atoms with Crippen LogP contribution in [-0.4, -0.2) is 46.6 Å². The third-order valence-electron chi connectivity index (χ3n) is 3.05. The molecule has 0 unspecified atom stereocenters. The Morgan fingerprint density at radius 2 is 2.05 bits per heavy atom. The monoisotopic (exact) mass is 320 g/mol. The summed E-state index contributed by atoms with van der Waals surface area (Å²) in [5, 5.41) is 7.41. The number of rotatable bonds is 4. The SMILES string of the molecule is C[C@@H](NC(=O)c1ccn(-c2cccc(Cl)c2)n1)C(=O)N(C)C. The van der Waals surface area contributed by atoms with Gasteiger partial charge in [0.2, 0.25) is 5.91 Å². The van der Waals surface area contributed by atoms with Gasteiger partial charge >= 0.3 is 0 Å². The second-order valence-corrected chi connectivity index (χ2v) is 5.49. The minimum Gasteiger partial charge on any atom is -0.347 e. The number of carbonyl (C=O) groups excluding carboxylic acids is 2. The van der Waals surface area contributed by atoms with E-state index in [0.29, 0.717) is 5.02 Å². The lowest BCUT2D eigenvalue weighted by molar-refractivity contribution is -0.130. The van der Waals surface area contributed by atoms with E-state index < -0.39 is 11.9 Å². The highest BCUT2D eigenvalue weighted by atomic mass is 35.5.